The smallest absolute Gasteiger partial charge is 0.304 e. The van der Waals surface area contributed by atoms with Crippen LogP contribution < -0.4 is 4.31 Å². The number of para-hydroxylation sites is 1. The maximum absolute atomic E-state index is 12.2. The van der Waals surface area contributed by atoms with E-state index >= 15 is 0 Å². The Bertz CT molecular complexity index is 461. The van der Waals surface area contributed by atoms with Crippen molar-refractivity contribution in [3.8, 4) is 0 Å². The van der Waals surface area contributed by atoms with E-state index in [-0.39, 0.29) is 6.61 Å². The van der Waals surface area contributed by atoms with Crippen LogP contribution in [0.1, 0.15) is 6.42 Å². The number of aliphatic hydroxyl groups excluding tert-OH is 1. The first-order chi connectivity index (χ1) is 8.16. The standard InChI is InChI=1S/C11H16N2O3S/c14-10-4-7-12-8-9-13(17(12,15)16)11-5-2-1-3-6-11/h1-3,5-6,14H,4,7-10H2. The Hall–Kier alpha value is -1.11. The molecule has 1 aliphatic rings. The molecule has 1 fully saturated rings. The molecule has 0 amide bonds. The molecule has 1 aromatic carbocycles. The molecule has 6 heteroatoms. The molecule has 5 nitrogen and oxygen atoms in total. The Kier molecular flexibility index (Phi) is 3.66. The third kappa shape index (κ3) is 2.43. The second-order valence-electron chi connectivity index (χ2n) is 3.89. The van der Waals surface area contributed by atoms with Crippen LogP contribution in [-0.2, 0) is 10.2 Å². The molecule has 0 unspecified atom stereocenters. The van der Waals surface area contributed by atoms with Crippen LogP contribution in [0.4, 0.5) is 5.69 Å². The van der Waals surface area contributed by atoms with Gasteiger partial charge in [-0.1, -0.05) is 18.2 Å². The van der Waals surface area contributed by atoms with Gasteiger partial charge < -0.3 is 5.11 Å². The molecular formula is C11H16N2O3S. The van der Waals surface area contributed by atoms with Crippen LogP contribution in [0.15, 0.2) is 30.3 Å². The molecule has 1 saturated heterocycles. The quantitative estimate of drug-likeness (QED) is 0.850. The van der Waals surface area contributed by atoms with E-state index in [4.69, 9.17) is 5.11 Å². The van der Waals surface area contributed by atoms with Gasteiger partial charge in [0.25, 0.3) is 0 Å². The van der Waals surface area contributed by atoms with Crippen LogP contribution in [0.5, 0.6) is 0 Å². The van der Waals surface area contributed by atoms with Gasteiger partial charge in [-0.05, 0) is 18.6 Å². The van der Waals surface area contributed by atoms with Gasteiger partial charge in [0.05, 0.1) is 5.69 Å². The maximum Gasteiger partial charge on any atom is 0.304 e. The normalized spacial score (nSPS) is 19.7. The van der Waals surface area contributed by atoms with Crippen LogP contribution in [0.3, 0.4) is 0 Å². The fraction of sp³-hybridized carbons (Fsp3) is 0.455. The lowest BCUT2D eigenvalue weighted by Gasteiger charge is -2.19. The first kappa shape index (κ1) is 12.3. The van der Waals surface area contributed by atoms with Gasteiger partial charge in [0.15, 0.2) is 0 Å². The first-order valence-corrected chi connectivity index (χ1v) is 6.99. The predicted octanol–water partition coefficient (Wildman–Crippen LogP) is 0.436. The van der Waals surface area contributed by atoms with Gasteiger partial charge in [-0.2, -0.15) is 12.7 Å². The minimum atomic E-state index is -3.40. The average molecular weight is 256 g/mol. The molecule has 0 atom stereocenters. The Morgan fingerprint density at radius 1 is 1.18 bits per heavy atom. The average Bonchev–Trinajstić information content (AvgIpc) is 2.63. The highest BCUT2D eigenvalue weighted by Crippen LogP contribution is 2.24. The highest BCUT2D eigenvalue weighted by molar-refractivity contribution is 7.90. The highest BCUT2D eigenvalue weighted by atomic mass is 32.2. The zero-order chi connectivity index (χ0) is 12.3. The van der Waals surface area contributed by atoms with Gasteiger partial charge in [-0.3, -0.25) is 4.31 Å². The van der Waals surface area contributed by atoms with Crippen molar-refractivity contribution in [2.24, 2.45) is 0 Å². The van der Waals surface area contributed by atoms with Crippen molar-refractivity contribution < 1.29 is 13.5 Å². The molecule has 0 aliphatic carbocycles. The van der Waals surface area contributed by atoms with Gasteiger partial charge >= 0.3 is 10.2 Å². The van der Waals surface area contributed by atoms with E-state index in [0.29, 0.717) is 31.7 Å². The molecule has 17 heavy (non-hydrogen) atoms. The van der Waals surface area contributed by atoms with E-state index in [1.165, 1.54) is 8.61 Å². The third-order valence-electron chi connectivity index (χ3n) is 2.77. The van der Waals surface area contributed by atoms with Crippen molar-refractivity contribution in [2.75, 3.05) is 30.5 Å². The number of aliphatic hydroxyl groups is 1. The van der Waals surface area contributed by atoms with Crippen molar-refractivity contribution in [2.45, 2.75) is 6.42 Å². The van der Waals surface area contributed by atoms with Crippen molar-refractivity contribution in [1.29, 1.82) is 0 Å². The summed E-state index contributed by atoms with van der Waals surface area (Å²) in [6.07, 6.45) is 0.474. The molecule has 2 rings (SSSR count). The maximum atomic E-state index is 12.2. The molecule has 0 saturated carbocycles. The van der Waals surface area contributed by atoms with Crippen LogP contribution in [0, 0.1) is 0 Å². The lowest BCUT2D eigenvalue weighted by Crippen LogP contribution is -2.33. The fourth-order valence-corrected chi connectivity index (χ4v) is 3.55. The van der Waals surface area contributed by atoms with Gasteiger partial charge in [-0.25, -0.2) is 0 Å². The van der Waals surface area contributed by atoms with E-state index in [9.17, 15) is 8.42 Å². The van der Waals surface area contributed by atoms with Crippen LogP contribution in [0.2, 0.25) is 0 Å². The molecule has 1 N–H and O–H groups in total. The number of hydrogen-bond donors (Lipinski definition) is 1. The second-order valence-corrected chi connectivity index (χ2v) is 5.74. The minimum Gasteiger partial charge on any atom is -0.396 e. The molecule has 0 spiro atoms. The monoisotopic (exact) mass is 256 g/mol. The topological polar surface area (TPSA) is 60.9 Å². The fourth-order valence-electron chi connectivity index (χ4n) is 1.90. The Labute approximate surface area is 101 Å². The largest absolute Gasteiger partial charge is 0.396 e. The van der Waals surface area contributed by atoms with Gasteiger partial charge in [-0.15, -0.1) is 0 Å². The van der Waals surface area contributed by atoms with E-state index in [0.717, 1.165) is 0 Å². The third-order valence-corrected chi connectivity index (χ3v) is 4.74. The lowest BCUT2D eigenvalue weighted by atomic mass is 10.3. The number of anilines is 1. The van der Waals surface area contributed by atoms with E-state index in [1.54, 1.807) is 12.1 Å². The summed E-state index contributed by atoms with van der Waals surface area (Å²) in [4.78, 5) is 0. The van der Waals surface area contributed by atoms with Crippen molar-refractivity contribution in [1.82, 2.24) is 4.31 Å². The van der Waals surface area contributed by atoms with Crippen molar-refractivity contribution >= 4 is 15.9 Å². The molecule has 0 bridgehead atoms. The molecule has 1 aliphatic heterocycles. The SMILES string of the molecule is O=S1(=O)N(CCCO)CCN1c1ccccc1. The molecule has 0 aromatic heterocycles. The van der Waals surface area contributed by atoms with E-state index < -0.39 is 10.2 Å². The molecule has 1 aromatic rings. The van der Waals surface area contributed by atoms with E-state index in [2.05, 4.69) is 0 Å². The minimum absolute atomic E-state index is 0.0113. The Morgan fingerprint density at radius 2 is 1.88 bits per heavy atom. The molecule has 1 heterocycles. The first-order valence-electron chi connectivity index (χ1n) is 5.60. The summed E-state index contributed by atoms with van der Waals surface area (Å²) >= 11 is 0. The number of rotatable bonds is 4. The van der Waals surface area contributed by atoms with Gasteiger partial charge in [0, 0.05) is 26.2 Å². The summed E-state index contributed by atoms with van der Waals surface area (Å²) in [5, 5.41) is 8.74. The lowest BCUT2D eigenvalue weighted by molar-refractivity contribution is 0.273. The molecular weight excluding hydrogens is 240 g/mol. The van der Waals surface area contributed by atoms with Crippen LogP contribution in [0.25, 0.3) is 0 Å². The van der Waals surface area contributed by atoms with Gasteiger partial charge in [0.1, 0.15) is 0 Å². The van der Waals surface area contributed by atoms with Gasteiger partial charge in [0.2, 0.25) is 0 Å². The van der Waals surface area contributed by atoms with Crippen molar-refractivity contribution in [3.05, 3.63) is 30.3 Å². The van der Waals surface area contributed by atoms with Crippen molar-refractivity contribution in [3.63, 3.8) is 0 Å². The number of hydrogen-bond acceptors (Lipinski definition) is 3. The Morgan fingerprint density at radius 3 is 2.53 bits per heavy atom. The summed E-state index contributed by atoms with van der Waals surface area (Å²) in [5.41, 5.74) is 0.694. The number of benzene rings is 1. The van der Waals surface area contributed by atoms with Crippen LogP contribution in [-0.4, -0.2) is 44.1 Å². The summed E-state index contributed by atoms with van der Waals surface area (Å²) < 4.78 is 27.2. The Balaban J connectivity index is 2.18. The van der Waals surface area contributed by atoms with Crippen LogP contribution >= 0.6 is 0 Å². The summed E-state index contributed by atoms with van der Waals surface area (Å²) in [5.74, 6) is 0. The van der Waals surface area contributed by atoms with E-state index in [1.807, 2.05) is 18.2 Å². The predicted molar refractivity (Wildman–Crippen MR) is 66.0 cm³/mol. The highest BCUT2D eigenvalue weighted by Gasteiger charge is 2.35. The number of nitrogens with zero attached hydrogens (tertiary/aromatic N) is 2. The second kappa shape index (κ2) is 5.03. The summed E-state index contributed by atoms with van der Waals surface area (Å²) in [6, 6.07) is 9.07. The summed E-state index contributed by atoms with van der Waals surface area (Å²) in [7, 11) is -3.40. The molecule has 94 valence electrons. The molecule has 0 radical (unpaired) electrons. The zero-order valence-electron chi connectivity index (χ0n) is 9.49. The zero-order valence-corrected chi connectivity index (χ0v) is 10.3. The summed E-state index contributed by atoms with van der Waals surface area (Å²) in [6.45, 7) is 1.34.